The Morgan fingerprint density at radius 2 is 1.85 bits per heavy atom. The summed E-state index contributed by atoms with van der Waals surface area (Å²) in [6.45, 7) is 0. The monoisotopic (exact) mass is 280 g/mol. The van der Waals surface area contributed by atoms with Gasteiger partial charge in [-0.3, -0.25) is 9.78 Å². The molecule has 20 heavy (non-hydrogen) atoms. The van der Waals surface area contributed by atoms with Crippen LogP contribution in [0.15, 0.2) is 66.3 Å². The van der Waals surface area contributed by atoms with Crippen LogP contribution in [0.5, 0.6) is 0 Å². The first-order valence-corrected chi connectivity index (χ1v) is 7.06. The Kier molecular flexibility index (Phi) is 3.56. The van der Waals surface area contributed by atoms with E-state index in [1.54, 1.807) is 12.4 Å². The van der Waals surface area contributed by atoms with E-state index in [-0.39, 0.29) is 5.91 Å². The van der Waals surface area contributed by atoms with Crippen molar-refractivity contribution >= 4 is 22.2 Å². The average molecular weight is 280 g/mol. The van der Waals surface area contributed by atoms with Crippen LogP contribution in [0.4, 0.5) is 5.00 Å². The number of thiophene rings is 1. The van der Waals surface area contributed by atoms with Crippen LogP contribution in [-0.4, -0.2) is 10.9 Å². The molecule has 0 spiro atoms. The third kappa shape index (κ3) is 2.75. The molecule has 1 aromatic carbocycles. The first-order valence-electron chi connectivity index (χ1n) is 6.18. The first kappa shape index (κ1) is 12.6. The van der Waals surface area contributed by atoms with Gasteiger partial charge in [-0.1, -0.05) is 30.3 Å². The van der Waals surface area contributed by atoms with E-state index in [9.17, 15) is 4.79 Å². The van der Waals surface area contributed by atoms with Crippen LogP contribution in [0.1, 0.15) is 10.4 Å². The summed E-state index contributed by atoms with van der Waals surface area (Å²) < 4.78 is 0. The van der Waals surface area contributed by atoms with Gasteiger partial charge in [0.1, 0.15) is 0 Å². The number of nitrogens with zero attached hydrogens (tertiary/aromatic N) is 1. The first-order chi connectivity index (χ1) is 9.83. The Balaban J connectivity index is 1.86. The topological polar surface area (TPSA) is 42.0 Å². The molecule has 0 aliphatic carbocycles. The van der Waals surface area contributed by atoms with Crippen molar-refractivity contribution in [3.8, 4) is 11.1 Å². The third-order valence-corrected chi connectivity index (χ3v) is 3.65. The van der Waals surface area contributed by atoms with Crippen LogP contribution in [0.3, 0.4) is 0 Å². The number of aromatic nitrogens is 1. The van der Waals surface area contributed by atoms with Gasteiger partial charge in [0.05, 0.1) is 10.6 Å². The van der Waals surface area contributed by atoms with Gasteiger partial charge in [0, 0.05) is 18.0 Å². The van der Waals surface area contributed by atoms with Crippen molar-refractivity contribution in [2.45, 2.75) is 0 Å². The lowest BCUT2D eigenvalue weighted by Gasteiger charge is -2.05. The van der Waals surface area contributed by atoms with E-state index in [4.69, 9.17) is 0 Å². The molecule has 2 heterocycles. The Morgan fingerprint density at radius 3 is 2.60 bits per heavy atom. The lowest BCUT2D eigenvalue weighted by Crippen LogP contribution is -2.11. The SMILES string of the molecule is O=C(Nc1cccs1)c1cncc(-c2ccccc2)c1. The fourth-order valence-corrected chi connectivity index (χ4v) is 2.50. The Labute approximate surface area is 120 Å². The van der Waals surface area contributed by atoms with Gasteiger partial charge < -0.3 is 5.32 Å². The van der Waals surface area contributed by atoms with Gasteiger partial charge >= 0.3 is 0 Å². The van der Waals surface area contributed by atoms with Gasteiger partial charge in [0.25, 0.3) is 5.91 Å². The van der Waals surface area contributed by atoms with Gasteiger partial charge in [-0.15, -0.1) is 11.3 Å². The minimum absolute atomic E-state index is 0.141. The van der Waals surface area contributed by atoms with E-state index in [0.29, 0.717) is 5.56 Å². The lowest BCUT2D eigenvalue weighted by atomic mass is 10.1. The molecule has 0 bridgehead atoms. The van der Waals surface area contributed by atoms with Crippen molar-refractivity contribution in [2.24, 2.45) is 0 Å². The Hall–Kier alpha value is -2.46. The molecule has 0 fully saturated rings. The van der Waals surface area contributed by atoms with E-state index >= 15 is 0 Å². The molecular formula is C16H12N2OS. The second-order valence-corrected chi connectivity index (χ2v) is 5.21. The molecule has 4 heteroatoms. The maximum absolute atomic E-state index is 12.2. The average Bonchev–Trinajstić information content (AvgIpc) is 3.01. The molecule has 0 aliphatic rings. The Bertz CT molecular complexity index is 708. The summed E-state index contributed by atoms with van der Waals surface area (Å²) in [6.07, 6.45) is 3.34. The van der Waals surface area contributed by atoms with Gasteiger partial charge in [-0.25, -0.2) is 0 Å². The zero-order chi connectivity index (χ0) is 13.8. The van der Waals surface area contributed by atoms with Crippen molar-refractivity contribution in [3.05, 3.63) is 71.9 Å². The molecule has 0 atom stereocenters. The molecule has 0 aliphatic heterocycles. The highest BCUT2D eigenvalue weighted by molar-refractivity contribution is 7.14. The van der Waals surface area contributed by atoms with E-state index in [1.165, 1.54) is 11.3 Å². The van der Waals surface area contributed by atoms with Gasteiger partial charge in [-0.05, 0) is 29.1 Å². The van der Waals surface area contributed by atoms with E-state index < -0.39 is 0 Å². The number of anilines is 1. The zero-order valence-electron chi connectivity index (χ0n) is 10.6. The zero-order valence-corrected chi connectivity index (χ0v) is 11.4. The maximum Gasteiger partial charge on any atom is 0.257 e. The molecular weight excluding hydrogens is 268 g/mol. The number of nitrogens with one attached hydrogen (secondary N) is 1. The van der Waals surface area contributed by atoms with Crippen molar-refractivity contribution in [2.75, 3.05) is 5.32 Å². The van der Waals surface area contributed by atoms with Crippen LogP contribution in [0.25, 0.3) is 11.1 Å². The van der Waals surface area contributed by atoms with Crippen molar-refractivity contribution in [3.63, 3.8) is 0 Å². The van der Waals surface area contributed by atoms with Crippen LogP contribution < -0.4 is 5.32 Å². The molecule has 2 aromatic heterocycles. The summed E-state index contributed by atoms with van der Waals surface area (Å²) in [4.78, 5) is 16.3. The highest BCUT2D eigenvalue weighted by Gasteiger charge is 2.08. The largest absolute Gasteiger partial charge is 0.314 e. The highest BCUT2D eigenvalue weighted by Crippen LogP contribution is 2.20. The van der Waals surface area contributed by atoms with Crippen molar-refractivity contribution in [1.82, 2.24) is 4.98 Å². The second kappa shape index (κ2) is 5.67. The predicted octanol–water partition coefficient (Wildman–Crippen LogP) is 4.06. The van der Waals surface area contributed by atoms with E-state index in [2.05, 4.69) is 10.3 Å². The molecule has 0 unspecified atom stereocenters. The number of carbonyl (C=O) groups excluding carboxylic acids is 1. The molecule has 3 nitrogen and oxygen atoms in total. The smallest absolute Gasteiger partial charge is 0.257 e. The fraction of sp³-hybridized carbons (Fsp3) is 0. The minimum atomic E-state index is -0.141. The molecule has 0 saturated carbocycles. The molecule has 0 radical (unpaired) electrons. The summed E-state index contributed by atoms with van der Waals surface area (Å²) in [6, 6.07) is 15.5. The van der Waals surface area contributed by atoms with Gasteiger partial charge in [-0.2, -0.15) is 0 Å². The summed E-state index contributed by atoms with van der Waals surface area (Å²) in [7, 11) is 0. The number of amides is 1. The normalized spacial score (nSPS) is 10.2. The van der Waals surface area contributed by atoms with Crippen molar-refractivity contribution < 1.29 is 4.79 Å². The van der Waals surface area contributed by atoms with Gasteiger partial charge in [0.2, 0.25) is 0 Å². The van der Waals surface area contributed by atoms with E-state index in [1.807, 2.05) is 53.9 Å². The maximum atomic E-state index is 12.2. The van der Waals surface area contributed by atoms with Crippen LogP contribution in [-0.2, 0) is 0 Å². The van der Waals surface area contributed by atoms with Gasteiger partial charge in [0.15, 0.2) is 0 Å². The summed E-state index contributed by atoms with van der Waals surface area (Å²) in [5, 5.41) is 5.61. The van der Waals surface area contributed by atoms with E-state index in [0.717, 1.165) is 16.1 Å². The van der Waals surface area contributed by atoms with Crippen LogP contribution >= 0.6 is 11.3 Å². The third-order valence-electron chi connectivity index (χ3n) is 2.87. The molecule has 0 saturated heterocycles. The molecule has 1 N–H and O–H groups in total. The molecule has 3 aromatic rings. The summed E-state index contributed by atoms with van der Waals surface area (Å²) in [5.41, 5.74) is 2.54. The number of pyridine rings is 1. The van der Waals surface area contributed by atoms with Crippen LogP contribution in [0.2, 0.25) is 0 Å². The summed E-state index contributed by atoms with van der Waals surface area (Å²) >= 11 is 1.49. The molecule has 3 rings (SSSR count). The number of rotatable bonds is 3. The standard InChI is InChI=1S/C16H12N2OS/c19-16(18-15-7-4-8-20-15)14-9-13(10-17-11-14)12-5-2-1-3-6-12/h1-11H,(H,18,19). The number of carbonyl (C=O) groups is 1. The quantitative estimate of drug-likeness (QED) is 0.786. The number of benzene rings is 1. The van der Waals surface area contributed by atoms with Crippen LogP contribution in [0, 0.1) is 0 Å². The number of hydrogen-bond acceptors (Lipinski definition) is 3. The second-order valence-electron chi connectivity index (χ2n) is 4.26. The molecule has 1 amide bonds. The van der Waals surface area contributed by atoms with Crippen molar-refractivity contribution in [1.29, 1.82) is 0 Å². The Morgan fingerprint density at radius 1 is 1.00 bits per heavy atom. The predicted molar refractivity (Wildman–Crippen MR) is 81.9 cm³/mol. The number of hydrogen-bond donors (Lipinski definition) is 1. The lowest BCUT2D eigenvalue weighted by molar-refractivity contribution is 0.102. The minimum Gasteiger partial charge on any atom is -0.314 e. The summed E-state index contributed by atoms with van der Waals surface area (Å²) in [5.74, 6) is -0.141. The molecule has 98 valence electrons. The highest BCUT2D eigenvalue weighted by atomic mass is 32.1. The fourth-order valence-electron chi connectivity index (χ4n) is 1.89.